The number of hydrogen-bond donors (Lipinski definition) is 3. The van der Waals surface area contributed by atoms with Crippen LogP contribution in [0.5, 0.6) is 0 Å². The molecule has 1 amide bonds. The number of likely N-dealkylation sites (tertiary alicyclic amines) is 1. The minimum atomic E-state index is -4.43. The number of carbonyl (C=O) groups excluding carboxylic acids is 1. The number of nitrogens with zero attached hydrogens (tertiary/aromatic N) is 2. The molecule has 1 fully saturated rings. The molecule has 0 radical (unpaired) electrons. The number of piperidine rings is 1. The summed E-state index contributed by atoms with van der Waals surface area (Å²) >= 11 is 0. The molecule has 0 aromatic heterocycles. The van der Waals surface area contributed by atoms with Crippen LogP contribution in [0.3, 0.4) is 0 Å². The van der Waals surface area contributed by atoms with Gasteiger partial charge in [-0.25, -0.2) is 0 Å². The number of rotatable bonds is 6. The number of hydrogen-bond acceptors (Lipinski definition) is 5. The van der Waals surface area contributed by atoms with E-state index in [0.29, 0.717) is 32.5 Å². The molecule has 10 heteroatoms. The van der Waals surface area contributed by atoms with Crippen LogP contribution >= 0.6 is 0 Å². The second-order valence-electron chi connectivity index (χ2n) is 4.82. The summed E-state index contributed by atoms with van der Waals surface area (Å²) in [5, 5.41) is 14.0. The van der Waals surface area contributed by atoms with Crippen LogP contribution in [-0.4, -0.2) is 66.9 Å². The van der Waals surface area contributed by atoms with Crippen molar-refractivity contribution in [3.63, 3.8) is 0 Å². The molecule has 0 aromatic carbocycles. The molecule has 0 saturated carbocycles. The number of alkyl halides is 3. The van der Waals surface area contributed by atoms with Crippen LogP contribution in [0.1, 0.15) is 12.8 Å². The number of ether oxygens (including phenoxy) is 1. The zero-order chi connectivity index (χ0) is 15.9. The molecular weight excluding hydrogens is 293 g/mol. The van der Waals surface area contributed by atoms with E-state index < -0.39 is 25.3 Å². The number of carbonyl (C=O) groups is 1. The van der Waals surface area contributed by atoms with Crippen molar-refractivity contribution in [2.75, 3.05) is 32.8 Å². The first kappa shape index (κ1) is 17.5. The van der Waals surface area contributed by atoms with Crippen molar-refractivity contribution >= 4 is 11.7 Å². The summed E-state index contributed by atoms with van der Waals surface area (Å²) in [5.41, 5.74) is 5.39. The van der Waals surface area contributed by atoms with Gasteiger partial charge in [0.25, 0.3) is 0 Å². The highest BCUT2D eigenvalue weighted by Gasteiger charge is 2.28. The van der Waals surface area contributed by atoms with Gasteiger partial charge in [0.05, 0.1) is 6.54 Å². The van der Waals surface area contributed by atoms with Crippen LogP contribution in [-0.2, 0) is 9.53 Å². The molecule has 21 heavy (non-hydrogen) atoms. The Kier molecular flexibility index (Phi) is 6.69. The fourth-order valence-electron chi connectivity index (χ4n) is 2.02. The van der Waals surface area contributed by atoms with Gasteiger partial charge in [0.2, 0.25) is 5.91 Å². The molecule has 0 unspecified atom stereocenters. The molecule has 0 atom stereocenters. The number of oxime groups is 1. The minimum absolute atomic E-state index is 0.101. The lowest BCUT2D eigenvalue weighted by molar-refractivity contribution is -0.175. The van der Waals surface area contributed by atoms with E-state index in [1.54, 1.807) is 0 Å². The maximum absolute atomic E-state index is 11.8. The summed E-state index contributed by atoms with van der Waals surface area (Å²) in [6.45, 7) is -0.413. The third kappa shape index (κ3) is 7.71. The van der Waals surface area contributed by atoms with Crippen molar-refractivity contribution in [1.82, 2.24) is 10.2 Å². The first-order valence-corrected chi connectivity index (χ1v) is 6.43. The lowest BCUT2D eigenvalue weighted by atomic mass is 10.1. The molecular formula is C11H19F3N4O3. The molecule has 1 aliphatic heterocycles. The molecule has 0 aromatic rings. The highest BCUT2D eigenvalue weighted by Crippen LogP contribution is 2.14. The molecule has 0 bridgehead atoms. The standard InChI is InChI=1S/C11H19F3N4O3/c12-11(13,14)7-21-6-10(19)16-8-1-3-18(4-2-8)5-9(15)17-20/h8,20H,1-7H2,(H2,15,17)(H,16,19). The quantitative estimate of drug-likeness (QED) is 0.275. The Morgan fingerprint density at radius 3 is 2.57 bits per heavy atom. The van der Waals surface area contributed by atoms with E-state index in [2.05, 4.69) is 15.2 Å². The third-order valence-corrected chi connectivity index (χ3v) is 2.97. The van der Waals surface area contributed by atoms with Crippen molar-refractivity contribution < 1.29 is 27.9 Å². The van der Waals surface area contributed by atoms with E-state index in [1.807, 2.05) is 4.90 Å². The third-order valence-electron chi connectivity index (χ3n) is 2.97. The summed E-state index contributed by atoms with van der Waals surface area (Å²) in [6.07, 6.45) is -3.15. The number of amides is 1. The second kappa shape index (κ2) is 8.03. The molecule has 0 aliphatic carbocycles. The van der Waals surface area contributed by atoms with Crippen LogP contribution < -0.4 is 11.1 Å². The van der Waals surface area contributed by atoms with Crippen molar-refractivity contribution in [2.45, 2.75) is 25.1 Å². The largest absolute Gasteiger partial charge is 0.411 e. The Balaban J connectivity index is 2.18. The average molecular weight is 312 g/mol. The number of halogens is 3. The van der Waals surface area contributed by atoms with E-state index in [0.717, 1.165) is 0 Å². The molecule has 0 spiro atoms. The van der Waals surface area contributed by atoms with E-state index in [9.17, 15) is 18.0 Å². The zero-order valence-corrected chi connectivity index (χ0v) is 11.4. The van der Waals surface area contributed by atoms with Gasteiger partial charge < -0.3 is 21.0 Å². The number of nitrogens with two attached hydrogens (primary N) is 1. The van der Waals surface area contributed by atoms with E-state index in [-0.39, 0.29) is 11.9 Å². The first-order chi connectivity index (χ1) is 9.80. The zero-order valence-electron chi connectivity index (χ0n) is 11.4. The van der Waals surface area contributed by atoms with Gasteiger partial charge in [-0.2, -0.15) is 13.2 Å². The highest BCUT2D eigenvalue weighted by molar-refractivity contribution is 5.81. The van der Waals surface area contributed by atoms with Crippen molar-refractivity contribution in [1.29, 1.82) is 0 Å². The summed E-state index contributed by atoms with van der Waals surface area (Å²) in [6, 6.07) is -0.101. The molecule has 122 valence electrons. The Morgan fingerprint density at radius 1 is 1.43 bits per heavy atom. The van der Waals surface area contributed by atoms with E-state index >= 15 is 0 Å². The fraction of sp³-hybridized carbons (Fsp3) is 0.818. The minimum Gasteiger partial charge on any atom is -0.409 e. The molecule has 1 heterocycles. The molecule has 1 rings (SSSR count). The van der Waals surface area contributed by atoms with Gasteiger partial charge in [0, 0.05) is 19.1 Å². The van der Waals surface area contributed by atoms with Crippen molar-refractivity contribution in [3.8, 4) is 0 Å². The van der Waals surface area contributed by atoms with Gasteiger partial charge in [-0.1, -0.05) is 5.16 Å². The Bertz CT molecular complexity index is 368. The van der Waals surface area contributed by atoms with Gasteiger partial charge in [-0.3, -0.25) is 9.69 Å². The van der Waals surface area contributed by atoms with Gasteiger partial charge >= 0.3 is 6.18 Å². The maximum atomic E-state index is 11.8. The predicted octanol–water partition coefficient (Wildman–Crippen LogP) is -0.108. The monoisotopic (exact) mass is 312 g/mol. The normalized spacial score (nSPS) is 18.7. The summed E-state index contributed by atoms with van der Waals surface area (Å²) in [5.74, 6) is -0.452. The van der Waals surface area contributed by atoms with Crippen molar-refractivity contribution in [3.05, 3.63) is 0 Å². The SMILES string of the molecule is NC(CN1CCC(NC(=O)COCC(F)(F)F)CC1)=NO. The van der Waals surface area contributed by atoms with Gasteiger partial charge in [0.1, 0.15) is 13.2 Å². The summed E-state index contributed by atoms with van der Waals surface area (Å²) < 4.78 is 39.8. The van der Waals surface area contributed by atoms with E-state index in [4.69, 9.17) is 10.9 Å². The topological polar surface area (TPSA) is 100 Å². The van der Waals surface area contributed by atoms with Gasteiger partial charge in [0.15, 0.2) is 5.84 Å². The van der Waals surface area contributed by atoms with Gasteiger partial charge in [-0.15, -0.1) is 0 Å². The van der Waals surface area contributed by atoms with Crippen LogP contribution in [0.2, 0.25) is 0 Å². The summed E-state index contributed by atoms with van der Waals surface area (Å²) in [7, 11) is 0. The first-order valence-electron chi connectivity index (χ1n) is 6.43. The van der Waals surface area contributed by atoms with Crippen LogP contribution in [0, 0.1) is 0 Å². The lowest BCUT2D eigenvalue weighted by Crippen LogP contribution is -2.47. The molecule has 1 aliphatic rings. The Labute approximate surface area is 119 Å². The number of amidine groups is 1. The molecule has 7 nitrogen and oxygen atoms in total. The highest BCUT2D eigenvalue weighted by atomic mass is 19.4. The average Bonchev–Trinajstić information content (AvgIpc) is 2.39. The Morgan fingerprint density at radius 2 is 2.05 bits per heavy atom. The lowest BCUT2D eigenvalue weighted by Gasteiger charge is -2.31. The van der Waals surface area contributed by atoms with E-state index in [1.165, 1.54) is 0 Å². The van der Waals surface area contributed by atoms with Crippen LogP contribution in [0.25, 0.3) is 0 Å². The summed E-state index contributed by atoms with van der Waals surface area (Å²) in [4.78, 5) is 13.4. The Hall–Kier alpha value is -1.55. The predicted molar refractivity (Wildman–Crippen MR) is 67.9 cm³/mol. The van der Waals surface area contributed by atoms with Gasteiger partial charge in [-0.05, 0) is 12.8 Å². The van der Waals surface area contributed by atoms with Crippen molar-refractivity contribution in [2.24, 2.45) is 10.9 Å². The van der Waals surface area contributed by atoms with Crippen LogP contribution in [0.15, 0.2) is 5.16 Å². The molecule has 1 saturated heterocycles. The smallest absolute Gasteiger partial charge is 0.409 e. The molecule has 4 N–H and O–H groups in total. The van der Waals surface area contributed by atoms with Crippen LogP contribution in [0.4, 0.5) is 13.2 Å². The number of nitrogens with one attached hydrogen (secondary N) is 1. The second-order valence-corrected chi connectivity index (χ2v) is 4.82. The maximum Gasteiger partial charge on any atom is 0.411 e. The fourth-order valence-corrected chi connectivity index (χ4v) is 2.02.